The molecule has 1 aromatic heterocycles. The molecule has 2 saturated heterocycles. The minimum atomic E-state index is -0.906. The molecular formula is C18H20ClN3O3S. The Kier molecular flexibility index (Phi) is 4.64. The Balaban J connectivity index is 1.45. The van der Waals surface area contributed by atoms with Crippen LogP contribution in [-0.4, -0.2) is 52.6 Å². The van der Waals surface area contributed by atoms with E-state index < -0.39 is 18.2 Å². The second-order valence-electron chi connectivity index (χ2n) is 6.88. The number of thiophene rings is 1. The van der Waals surface area contributed by atoms with Crippen molar-refractivity contribution in [3.63, 3.8) is 0 Å². The van der Waals surface area contributed by atoms with Gasteiger partial charge in [0.25, 0.3) is 0 Å². The van der Waals surface area contributed by atoms with Crippen molar-refractivity contribution in [1.29, 1.82) is 0 Å². The van der Waals surface area contributed by atoms with E-state index in [-0.39, 0.29) is 17.9 Å². The zero-order valence-electron chi connectivity index (χ0n) is 14.2. The molecule has 8 heteroatoms. The van der Waals surface area contributed by atoms with Crippen molar-refractivity contribution in [1.82, 2.24) is 15.5 Å². The zero-order valence-corrected chi connectivity index (χ0v) is 15.8. The highest BCUT2D eigenvalue weighted by Crippen LogP contribution is 2.35. The van der Waals surface area contributed by atoms with Crippen LogP contribution in [0.1, 0.15) is 18.2 Å². The molecule has 4 rings (SSSR count). The van der Waals surface area contributed by atoms with Gasteiger partial charge in [0.05, 0.1) is 11.1 Å². The maximum atomic E-state index is 12.5. The van der Waals surface area contributed by atoms with Crippen molar-refractivity contribution in [2.24, 2.45) is 0 Å². The van der Waals surface area contributed by atoms with Crippen molar-refractivity contribution in [2.45, 2.75) is 44.1 Å². The van der Waals surface area contributed by atoms with Gasteiger partial charge in [-0.15, -0.1) is 11.3 Å². The van der Waals surface area contributed by atoms with Crippen LogP contribution in [0.5, 0.6) is 0 Å². The van der Waals surface area contributed by atoms with Gasteiger partial charge in [0.1, 0.15) is 12.1 Å². The number of amides is 2. The first-order valence-electron chi connectivity index (χ1n) is 8.64. The summed E-state index contributed by atoms with van der Waals surface area (Å²) in [5.74, 6) is -0.409. The van der Waals surface area contributed by atoms with Gasteiger partial charge in [-0.1, -0.05) is 29.8 Å². The van der Waals surface area contributed by atoms with E-state index in [4.69, 9.17) is 11.6 Å². The Labute approximate surface area is 160 Å². The lowest BCUT2D eigenvalue weighted by molar-refractivity contribution is -0.149. The number of hydrogen-bond donors (Lipinski definition) is 3. The smallest absolute Gasteiger partial charge is 0.248 e. The van der Waals surface area contributed by atoms with Gasteiger partial charge in [0.2, 0.25) is 11.8 Å². The molecule has 6 nitrogen and oxygen atoms in total. The van der Waals surface area contributed by atoms with E-state index in [0.29, 0.717) is 19.5 Å². The Hall–Kier alpha value is -1.67. The van der Waals surface area contributed by atoms with Gasteiger partial charge in [0, 0.05) is 34.1 Å². The Morgan fingerprint density at radius 1 is 1.42 bits per heavy atom. The van der Waals surface area contributed by atoms with E-state index in [1.54, 1.807) is 16.2 Å². The molecule has 2 aliphatic heterocycles. The van der Waals surface area contributed by atoms with Crippen LogP contribution in [0.4, 0.5) is 0 Å². The minimum Gasteiger partial charge on any atom is -0.391 e. The van der Waals surface area contributed by atoms with Gasteiger partial charge in [-0.05, 0) is 19.4 Å². The Morgan fingerprint density at radius 2 is 2.19 bits per heavy atom. The number of carbonyl (C=O) groups is 2. The number of aliphatic hydroxyl groups is 1. The number of fused-ring (bicyclic) bond motifs is 2. The summed E-state index contributed by atoms with van der Waals surface area (Å²) in [6.07, 6.45) is -0.344. The van der Waals surface area contributed by atoms with Crippen LogP contribution in [-0.2, 0) is 16.1 Å². The molecule has 4 atom stereocenters. The van der Waals surface area contributed by atoms with E-state index in [1.807, 2.05) is 24.3 Å². The predicted octanol–water partition coefficient (Wildman–Crippen LogP) is 1.49. The Bertz CT molecular complexity index is 868. The van der Waals surface area contributed by atoms with E-state index >= 15 is 0 Å². The summed E-state index contributed by atoms with van der Waals surface area (Å²) in [6.45, 7) is 2.57. The lowest BCUT2D eigenvalue weighted by atomic mass is 10.0. The van der Waals surface area contributed by atoms with Gasteiger partial charge >= 0.3 is 0 Å². The molecule has 138 valence electrons. The SMILES string of the molecule is C[C@H](O)[C@H]1NC(=O)[C@@H]2C[C@H](NCc3sc4ccccc4c3Cl)CN2C1=O. The fraction of sp³-hybridized carbons (Fsp3) is 0.444. The lowest BCUT2D eigenvalue weighted by Gasteiger charge is -2.35. The molecule has 0 unspecified atom stereocenters. The van der Waals surface area contributed by atoms with Crippen LogP contribution in [0.15, 0.2) is 24.3 Å². The summed E-state index contributed by atoms with van der Waals surface area (Å²) in [5.41, 5.74) is 0. The first-order valence-corrected chi connectivity index (χ1v) is 9.83. The van der Waals surface area contributed by atoms with Crippen molar-refractivity contribution in [3.8, 4) is 0 Å². The van der Waals surface area contributed by atoms with Crippen molar-refractivity contribution >= 4 is 44.8 Å². The average Bonchev–Trinajstić information content (AvgIpc) is 3.19. The molecule has 26 heavy (non-hydrogen) atoms. The Morgan fingerprint density at radius 3 is 2.92 bits per heavy atom. The summed E-state index contributed by atoms with van der Waals surface area (Å²) in [5, 5.41) is 17.6. The number of aliphatic hydroxyl groups excluding tert-OH is 1. The minimum absolute atomic E-state index is 0.0173. The number of piperazine rings is 1. The quantitative estimate of drug-likeness (QED) is 0.735. The van der Waals surface area contributed by atoms with Crippen LogP contribution in [0.3, 0.4) is 0 Å². The molecule has 2 amide bonds. The number of rotatable bonds is 4. The summed E-state index contributed by atoms with van der Waals surface area (Å²) in [7, 11) is 0. The second kappa shape index (κ2) is 6.81. The highest BCUT2D eigenvalue weighted by Gasteiger charge is 2.47. The predicted molar refractivity (Wildman–Crippen MR) is 101 cm³/mol. The third kappa shape index (κ3) is 2.99. The van der Waals surface area contributed by atoms with Gasteiger partial charge in [-0.3, -0.25) is 9.59 Å². The number of benzene rings is 1. The van der Waals surface area contributed by atoms with Crippen LogP contribution >= 0.6 is 22.9 Å². The lowest BCUT2D eigenvalue weighted by Crippen LogP contribution is -2.64. The first-order chi connectivity index (χ1) is 12.5. The topological polar surface area (TPSA) is 81.7 Å². The maximum absolute atomic E-state index is 12.5. The van der Waals surface area contributed by atoms with Crippen LogP contribution in [0.25, 0.3) is 10.1 Å². The highest BCUT2D eigenvalue weighted by molar-refractivity contribution is 7.19. The average molecular weight is 394 g/mol. The zero-order chi connectivity index (χ0) is 18.4. The molecular weight excluding hydrogens is 374 g/mol. The second-order valence-corrected chi connectivity index (χ2v) is 8.40. The number of halogens is 1. The number of carbonyl (C=O) groups excluding carboxylic acids is 2. The fourth-order valence-corrected chi connectivity index (χ4v) is 5.16. The fourth-order valence-electron chi connectivity index (χ4n) is 3.71. The van der Waals surface area contributed by atoms with Crippen molar-refractivity contribution < 1.29 is 14.7 Å². The van der Waals surface area contributed by atoms with Gasteiger partial charge < -0.3 is 20.6 Å². The summed E-state index contributed by atoms with van der Waals surface area (Å²) in [4.78, 5) is 27.4. The molecule has 3 N–H and O–H groups in total. The number of nitrogens with zero attached hydrogens (tertiary/aromatic N) is 1. The molecule has 2 fully saturated rings. The highest BCUT2D eigenvalue weighted by atomic mass is 35.5. The molecule has 0 radical (unpaired) electrons. The van der Waals surface area contributed by atoms with Crippen molar-refractivity contribution in [2.75, 3.05) is 6.54 Å². The van der Waals surface area contributed by atoms with Crippen molar-refractivity contribution in [3.05, 3.63) is 34.2 Å². The normalized spacial score (nSPS) is 26.9. The summed E-state index contributed by atoms with van der Waals surface area (Å²) >= 11 is 8.13. The van der Waals surface area contributed by atoms with E-state index in [0.717, 1.165) is 20.0 Å². The van der Waals surface area contributed by atoms with E-state index in [1.165, 1.54) is 6.92 Å². The largest absolute Gasteiger partial charge is 0.391 e. The molecule has 0 bridgehead atoms. The molecule has 2 aliphatic rings. The summed E-state index contributed by atoms with van der Waals surface area (Å²) in [6, 6.07) is 6.71. The third-order valence-corrected chi connectivity index (χ3v) is 6.80. The monoisotopic (exact) mass is 393 g/mol. The third-order valence-electron chi connectivity index (χ3n) is 5.09. The molecule has 0 aliphatic carbocycles. The molecule has 3 heterocycles. The number of hydrogen-bond acceptors (Lipinski definition) is 5. The van der Waals surface area contributed by atoms with Crippen LogP contribution in [0, 0.1) is 0 Å². The number of nitrogens with one attached hydrogen (secondary N) is 2. The molecule has 0 saturated carbocycles. The summed E-state index contributed by atoms with van der Waals surface area (Å²) < 4.78 is 1.15. The molecule has 1 aromatic carbocycles. The van der Waals surface area contributed by atoms with Gasteiger partial charge in [-0.25, -0.2) is 0 Å². The first kappa shape index (κ1) is 17.7. The van der Waals surface area contributed by atoms with Gasteiger partial charge in [-0.2, -0.15) is 0 Å². The van der Waals surface area contributed by atoms with E-state index in [2.05, 4.69) is 10.6 Å². The van der Waals surface area contributed by atoms with Crippen LogP contribution < -0.4 is 10.6 Å². The molecule has 0 spiro atoms. The van der Waals surface area contributed by atoms with Crippen LogP contribution in [0.2, 0.25) is 5.02 Å². The van der Waals surface area contributed by atoms with E-state index in [9.17, 15) is 14.7 Å². The maximum Gasteiger partial charge on any atom is 0.248 e. The van der Waals surface area contributed by atoms with Gasteiger partial charge in [0.15, 0.2) is 0 Å². The molecule has 2 aromatic rings. The standard InChI is InChI=1S/C18H20ClN3O3S/c1-9(23)16-18(25)22-8-10(6-12(22)17(24)21-16)20-7-14-15(19)11-4-2-3-5-13(11)26-14/h2-5,9-10,12,16,20,23H,6-8H2,1H3,(H,21,24)/t9-,10-,12-,16+/m0/s1.